The Morgan fingerprint density at radius 2 is 1.94 bits per heavy atom. The molecule has 16 heavy (non-hydrogen) atoms. The van der Waals surface area contributed by atoms with E-state index < -0.39 is 12.2 Å². The summed E-state index contributed by atoms with van der Waals surface area (Å²) < 4.78 is 9.83. The normalized spacial score (nSPS) is 18.2. The lowest BCUT2D eigenvalue weighted by Gasteiger charge is -2.17. The van der Waals surface area contributed by atoms with Crippen LogP contribution in [-0.4, -0.2) is 29.2 Å². The minimum atomic E-state index is -1.04. The van der Waals surface area contributed by atoms with Gasteiger partial charge in [0.15, 0.2) is 5.76 Å². The maximum atomic E-state index is 9.81. The molecule has 0 radical (unpaired) electrons. The van der Waals surface area contributed by atoms with Crippen LogP contribution in [0.4, 0.5) is 0 Å². The molecule has 2 unspecified atom stereocenters. The lowest BCUT2D eigenvalue weighted by Crippen LogP contribution is -2.30. The van der Waals surface area contributed by atoms with Gasteiger partial charge in [0.1, 0.15) is 12.4 Å². The number of aliphatic hydroxyl groups is 2. The average Bonchev–Trinajstić information content (AvgIpc) is 2.83. The second kappa shape index (κ2) is 5.01. The molecule has 1 aliphatic rings. The first-order valence-electron chi connectivity index (χ1n) is 5.12. The van der Waals surface area contributed by atoms with Crippen molar-refractivity contribution in [3.63, 3.8) is 0 Å². The van der Waals surface area contributed by atoms with Crippen LogP contribution in [0.25, 0.3) is 0 Å². The van der Waals surface area contributed by atoms with E-state index in [-0.39, 0.29) is 12.6 Å². The minimum Gasteiger partial charge on any atom is -0.462 e. The molecule has 1 aromatic rings. The van der Waals surface area contributed by atoms with E-state index in [1.54, 1.807) is 0 Å². The zero-order valence-corrected chi connectivity index (χ0v) is 8.74. The van der Waals surface area contributed by atoms with Crippen LogP contribution in [0.1, 0.15) is 5.56 Å². The summed E-state index contributed by atoms with van der Waals surface area (Å²) in [5.41, 5.74) is 0.966. The number of hydrogen-bond acceptors (Lipinski definition) is 4. The van der Waals surface area contributed by atoms with Gasteiger partial charge in [-0.3, -0.25) is 0 Å². The summed E-state index contributed by atoms with van der Waals surface area (Å²) in [7, 11) is 0. The highest BCUT2D eigenvalue weighted by Gasteiger charge is 2.25. The largest absolute Gasteiger partial charge is 0.462 e. The van der Waals surface area contributed by atoms with Crippen molar-refractivity contribution in [1.29, 1.82) is 0 Å². The van der Waals surface area contributed by atoms with Gasteiger partial charge in [0.25, 0.3) is 0 Å². The van der Waals surface area contributed by atoms with Crippen molar-refractivity contribution in [3.8, 4) is 0 Å². The Morgan fingerprint density at radius 1 is 1.19 bits per heavy atom. The highest BCUT2D eigenvalue weighted by Crippen LogP contribution is 2.16. The van der Waals surface area contributed by atoms with Crippen LogP contribution in [0.5, 0.6) is 0 Å². The van der Waals surface area contributed by atoms with E-state index in [1.165, 1.54) is 6.26 Å². The quantitative estimate of drug-likeness (QED) is 0.791. The summed E-state index contributed by atoms with van der Waals surface area (Å²) >= 11 is 0. The topological polar surface area (TPSA) is 58.9 Å². The molecule has 0 saturated heterocycles. The molecule has 0 aromatic heterocycles. The van der Waals surface area contributed by atoms with Crippen molar-refractivity contribution in [2.45, 2.75) is 18.6 Å². The molecule has 0 aliphatic carbocycles. The smallest absolute Gasteiger partial charge is 0.230 e. The summed E-state index contributed by atoms with van der Waals surface area (Å²) in [6.45, 7) is 0.102. The molecule has 0 amide bonds. The third kappa shape index (κ3) is 2.53. The van der Waals surface area contributed by atoms with Crippen LogP contribution >= 0.6 is 0 Å². The molecule has 0 saturated carbocycles. The van der Waals surface area contributed by atoms with Gasteiger partial charge in [0.05, 0.1) is 6.10 Å². The number of rotatable bonds is 4. The molecule has 0 bridgehead atoms. The average molecular weight is 222 g/mol. The van der Waals surface area contributed by atoms with Gasteiger partial charge < -0.3 is 19.7 Å². The van der Waals surface area contributed by atoms with Crippen LogP contribution in [0, 0.1) is 0 Å². The zero-order chi connectivity index (χ0) is 11.4. The van der Waals surface area contributed by atoms with Crippen molar-refractivity contribution < 1.29 is 19.7 Å². The Hall–Kier alpha value is -1.52. The van der Waals surface area contributed by atoms with Gasteiger partial charge >= 0.3 is 0 Å². The van der Waals surface area contributed by atoms with Gasteiger partial charge in [-0.25, -0.2) is 0 Å². The van der Waals surface area contributed by atoms with Crippen LogP contribution < -0.4 is 0 Å². The van der Waals surface area contributed by atoms with E-state index in [4.69, 9.17) is 9.47 Å². The number of hydrogen-bond donors (Lipinski definition) is 2. The summed E-state index contributed by atoms with van der Waals surface area (Å²) in [6.07, 6.45) is -0.222. The molecule has 1 aliphatic heterocycles. The van der Waals surface area contributed by atoms with E-state index in [0.29, 0.717) is 6.42 Å². The number of aliphatic hydroxyl groups excluding tert-OH is 2. The van der Waals surface area contributed by atoms with Crippen LogP contribution in [0.15, 0.2) is 42.4 Å². The molecule has 1 heterocycles. The molecule has 2 rings (SSSR count). The fraction of sp³-hybridized carbons (Fsp3) is 0.333. The molecule has 1 aromatic carbocycles. The summed E-state index contributed by atoms with van der Waals surface area (Å²) in [6, 6.07) is 9.49. The third-order valence-electron chi connectivity index (χ3n) is 2.44. The second-order valence-corrected chi connectivity index (χ2v) is 3.65. The monoisotopic (exact) mass is 222 g/mol. The Kier molecular flexibility index (Phi) is 3.44. The Balaban J connectivity index is 1.95. The Labute approximate surface area is 93.7 Å². The Bertz CT molecular complexity index is 361. The van der Waals surface area contributed by atoms with Crippen LogP contribution in [0.2, 0.25) is 0 Å². The van der Waals surface area contributed by atoms with Crippen molar-refractivity contribution >= 4 is 0 Å². The van der Waals surface area contributed by atoms with Gasteiger partial charge in [-0.15, -0.1) is 0 Å². The SMILES string of the molecule is OC(Cc1ccccc1)C(O)C1=COCO1. The molecule has 2 atom stereocenters. The molecule has 0 fully saturated rings. The van der Waals surface area contributed by atoms with Crippen molar-refractivity contribution in [2.24, 2.45) is 0 Å². The first-order chi connectivity index (χ1) is 7.77. The Morgan fingerprint density at radius 3 is 2.56 bits per heavy atom. The summed E-state index contributed by atoms with van der Waals surface area (Å²) in [5, 5.41) is 19.6. The van der Waals surface area contributed by atoms with Gasteiger partial charge in [-0.05, 0) is 5.56 Å². The van der Waals surface area contributed by atoms with Crippen LogP contribution in [0.3, 0.4) is 0 Å². The zero-order valence-electron chi connectivity index (χ0n) is 8.74. The van der Waals surface area contributed by atoms with E-state index in [1.807, 2.05) is 30.3 Å². The second-order valence-electron chi connectivity index (χ2n) is 3.65. The first-order valence-corrected chi connectivity index (χ1v) is 5.12. The molecule has 4 nitrogen and oxygen atoms in total. The molecular weight excluding hydrogens is 208 g/mol. The van der Waals surface area contributed by atoms with E-state index in [9.17, 15) is 10.2 Å². The summed E-state index contributed by atoms with van der Waals surface area (Å²) in [5.74, 6) is 0.281. The highest BCUT2D eigenvalue weighted by atomic mass is 16.7. The third-order valence-corrected chi connectivity index (χ3v) is 2.44. The maximum absolute atomic E-state index is 9.81. The molecule has 86 valence electrons. The van der Waals surface area contributed by atoms with E-state index >= 15 is 0 Å². The first kappa shape index (κ1) is 11.0. The van der Waals surface area contributed by atoms with Gasteiger partial charge in [-0.1, -0.05) is 30.3 Å². The van der Waals surface area contributed by atoms with Gasteiger partial charge in [0, 0.05) is 6.42 Å². The fourth-order valence-corrected chi connectivity index (χ4v) is 1.56. The fourth-order valence-electron chi connectivity index (χ4n) is 1.56. The predicted octanol–water partition coefficient (Wildman–Crippen LogP) is 0.797. The number of benzene rings is 1. The molecule has 0 spiro atoms. The highest BCUT2D eigenvalue weighted by molar-refractivity contribution is 5.16. The lowest BCUT2D eigenvalue weighted by atomic mass is 10.0. The predicted molar refractivity (Wildman–Crippen MR) is 57.3 cm³/mol. The van der Waals surface area contributed by atoms with Gasteiger partial charge in [-0.2, -0.15) is 0 Å². The lowest BCUT2D eigenvalue weighted by molar-refractivity contribution is -0.00525. The molecule has 4 heteroatoms. The summed E-state index contributed by atoms with van der Waals surface area (Å²) in [4.78, 5) is 0. The maximum Gasteiger partial charge on any atom is 0.230 e. The van der Waals surface area contributed by atoms with Crippen molar-refractivity contribution in [1.82, 2.24) is 0 Å². The van der Waals surface area contributed by atoms with Crippen LogP contribution in [-0.2, 0) is 15.9 Å². The standard InChI is InChI=1S/C12H14O4/c13-10(6-9-4-2-1-3-5-9)12(14)11-7-15-8-16-11/h1-5,7,10,12-14H,6,8H2. The molecular formula is C12H14O4. The van der Waals surface area contributed by atoms with E-state index in [0.717, 1.165) is 5.56 Å². The minimum absolute atomic E-state index is 0.102. The van der Waals surface area contributed by atoms with E-state index in [2.05, 4.69) is 0 Å². The molecule has 2 N–H and O–H groups in total. The van der Waals surface area contributed by atoms with Gasteiger partial charge in [0.2, 0.25) is 6.79 Å². The number of ether oxygens (including phenoxy) is 2. The van der Waals surface area contributed by atoms with Crippen molar-refractivity contribution in [2.75, 3.05) is 6.79 Å². The van der Waals surface area contributed by atoms with Crippen molar-refractivity contribution in [3.05, 3.63) is 47.9 Å².